The zero-order valence-electron chi connectivity index (χ0n) is 35.3. The number of ketones is 1. The van der Waals surface area contributed by atoms with Crippen molar-refractivity contribution in [3.05, 3.63) is 136 Å². The van der Waals surface area contributed by atoms with Crippen LogP contribution in [0.15, 0.2) is 85.2 Å². The van der Waals surface area contributed by atoms with Crippen LogP contribution >= 0.6 is 0 Å². The third-order valence-electron chi connectivity index (χ3n) is 12.9. The molecule has 1 saturated carbocycles. The second-order valence-corrected chi connectivity index (χ2v) is 18.0. The molecule has 0 radical (unpaired) electrons. The fourth-order valence-electron chi connectivity index (χ4n) is 9.54. The SMILES string of the molecule is COc1ccc(CO[C@H]2CC(C)(C)Cc3nc(C4CCN(c5ncc(-c6cccc(C(C)=O)c6)cn5)CC4)c([C@@H](F)c4ccc(C)cc4)c(C4CCC(F)(F)CC4)c32)cc1. The van der Waals surface area contributed by atoms with Crippen molar-refractivity contribution in [3.8, 4) is 16.9 Å². The van der Waals surface area contributed by atoms with Gasteiger partial charge in [0.1, 0.15) is 5.75 Å². The number of anilines is 1. The molecule has 10 heteroatoms. The van der Waals surface area contributed by atoms with Crippen molar-refractivity contribution in [2.45, 2.75) is 116 Å². The maximum Gasteiger partial charge on any atom is 0.248 e. The number of hydrogen-bond acceptors (Lipinski definition) is 7. The van der Waals surface area contributed by atoms with Gasteiger partial charge in [-0.05, 0) is 104 Å². The van der Waals surface area contributed by atoms with E-state index in [0.29, 0.717) is 68.0 Å². The number of fused-ring (bicyclic) bond motifs is 1. The smallest absolute Gasteiger partial charge is 0.248 e. The van der Waals surface area contributed by atoms with Crippen molar-refractivity contribution in [1.29, 1.82) is 0 Å². The Morgan fingerprint density at radius 1 is 0.883 bits per heavy atom. The quantitative estimate of drug-likeness (QED) is 0.123. The van der Waals surface area contributed by atoms with E-state index >= 15 is 4.39 Å². The van der Waals surface area contributed by atoms with E-state index < -0.39 is 12.1 Å². The lowest BCUT2D eigenvalue weighted by molar-refractivity contribution is -0.0390. The maximum atomic E-state index is 17.9. The molecule has 0 bridgehead atoms. The second-order valence-electron chi connectivity index (χ2n) is 18.0. The number of hydrogen-bond donors (Lipinski definition) is 0. The van der Waals surface area contributed by atoms with Gasteiger partial charge >= 0.3 is 0 Å². The van der Waals surface area contributed by atoms with Gasteiger partial charge in [0.2, 0.25) is 11.9 Å². The molecule has 60 heavy (non-hydrogen) atoms. The molecule has 5 aromatic rings. The Bertz CT molecular complexity index is 2300. The molecular formula is C50H55F3N4O3. The fourth-order valence-corrected chi connectivity index (χ4v) is 9.54. The number of carbonyl (C=O) groups excluding carboxylic acids is 1. The number of nitrogens with zero attached hydrogens (tertiary/aromatic N) is 4. The van der Waals surface area contributed by atoms with Crippen LogP contribution in [0.1, 0.15) is 145 Å². The largest absolute Gasteiger partial charge is 0.497 e. The molecule has 3 aliphatic rings. The standard InChI is InChI=1S/C50H55F3N4O3/c1-31-9-13-35(14-10-31)46(51)45-43(34-17-21-50(52,53)22-18-34)44-41(26-49(3,4)27-42(44)60-30-33-11-15-40(59-5)16-12-33)56-47(45)36-19-23-57(24-20-36)48-54-28-39(29-55-48)38-8-6-7-37(25-38)32(2)58/h6-16,25,28-29,34,36,42,46H,17-24,26-27,30H2,1-5H3/t42-,46-/m0/s1. The van der Waals surface area contributed by atoms with Crippen molar-refractivity contribution in [2.75, 3.05) is 25.1 Å². The van der Waals surface area contributed by atoms with Gasteiger partial charge < -0.3 is 14.4 Å². The monoisotopic (exact) mass is 816 g/mol. The maximum absolute atomic E-state index is 17.9. The van der Waals surface area contributed by atoms with Crippen molar-refractivity contribution in [3.63, 3.8) is 0 Å². The predicted molar refractivity (Wildman–Crippen MR) is 229 cm³/mol. The van der Waals surface area contributed by atoms with Crippen molar-refractivity contribution < 1.29 is 27.4 Å². The molecule has 2 atom stereocenters. The molecule has 7 nitrogen and oxygen atoms in total. The van der Waals surface area contributed by atoms with Gasteiger partial charge in [0, 0.05) is 72.2 Å². The lowest BCUT2D eigenvalue weighted by Gasteiger charge is -2.42. The van der Waals surface area contributed by atoms with Crippen LogP contribution in [0.4, 0.5) is 19.1 Å². The van der Waals surface area contributed by atoms with Crippen molar-refractivity contribution in [1.82, 2.24) is 15.0 Å². The van der Waals surface area contributed by atoms with Gasteiger partial charge in [-0.25, -0.2) is 23.1 Å². The zero-order valence-corrected chi connectivity index (χ0v) is 35.3. The number of methoxy groups -OCH3 is 1. The molecule has 8 rings (SSSR count). The topological polar surface area (TPSA) is 77.4 Å². The summed E-state index contributed by atoms with van der Waals surface area (Å²) >= 11 is 0. The highest BCUT2D eigenvalue weighted by Crippen LogP contribution is 2.53. The molecule has 1 saturated heterocycles. The van der Waals surface area contributed by atoms with E-state index in [1.54, 1.807) is 32.5 Å². The first-order valence-corrected chi connectivity index (χ1v) is 21.4. The van der Waals surface area contributed by atoms with E-state index in [2.05, 4.69) is 18.7 Å². The first-order chi connectivity index (χ1) is 28.8. The van der Waals surface area contributed by atoms with E-state index in [0.717, 1.165) is 50.5 Å². The van der Waals surface area contributed by atoms with Gasteiger partial charge in [0.05, 0.1) is 25.5 Å². The number of aromatic nitrogens is 3. The van der Waals surface area contributed by atoms with E-state index in [1.807, 2.05) is 73.7 Å². The number of piperidine rings is 1. The van der Waals surface area contributed by atoms with Gasteiger partial charge in [-0.3, -0.25) is 9.78 Å². The number of pyridine rings is 1. The molecule has 0 N–H and O–H groups in total. The van der Waals surface area contributed by atoms with Crippen LogP contribution in [0.3, 0.4) is 0 Å². The summed E-state index contributed by atoms with van der Waals surface area (Å²) in [5.41, 5.74) is 8.71. The highest BCUT2D eigenvalue weighted by atomic mass is 19.3. The van der Waals surface area contributed by atoms with E-state index in [-0.39, 0.29) is 54.8 Å². The number of alkyl halides is 3. The van der Waals surface area contributed by atoms with Gasteiger partial charge in [0.25, 0.3) is 0 Å². The number of ether oxygens (including phenoxy) is 2. The summed E-state index contributed by atoms with van der Waals surface area (Å²) in [5, 5.41) is 0. The third-order valence-corrected chi connectivity index (χ3v) is 12.9. The number of halogens is 3. The molecule has 2 aromatic heterocycles. The molecule has 314 valence electrons. The van der Waals surface area contributed by atoms with Gasteiger partial charge in [-0.15, -0.1) is 0 Å². The second kappa shape index (κ2) is 17.1. The Hall–Kier alpha value is -5.09. The average Bonchev–Trinajstić information content (AvgIpc) is 3.25. The summed E-state index contributed by atoms with van der Waals surface area (Å²) in [5.74, 6) is -1.68. The molecule has 3 aromatic carbocycles. The summed E-state index contributed by atoms with van der Waals surface area (Å²) in [6.45, 7) is 9.62. The molecular weight excluding hydrogens is 762 g/mol. The number of Topliss-reactive ketones (excluding diaryl/α,β-unsaturated/α-hetero) is 1. The zero-order chi connectivity index (χ0) is 42.2. The fraction of sp³-hybridized carbons (Fsp3) is 0.440. The molecule has 0 spiro atoms. The highest BCUT2D eigenvalue weighted by Gasteiger charge is 2.44. The summed E-state index contributed by atoms with van der Waals surface area (Å²) in [6, 6.07) is 22.8. The number of aryl methyl sites for hydroxylation is 1. The average molecular weight is 817 g/mol. The van der Waals surface area contributed by atoms with Crippen LogP contribution < -0.4 is 9.64 Å². The van der Waals surface area contributed by atoms with Crippen LogP contribution in [-0.4, -0.2) is 46.9 Å². The minimum absolute atomic E-state index is 0.000721. The Morgan fingerprint density at radius 3 is 2.22 bits per heavy atom. The third kappa shape index (κ3) is 8.99. The van der Waals surface area contributed by atoms with Gasteiger partial charge in [-0.1, -0.05) is 74.0 Å². The molecule has 1 aliphatic heterocycles. The Morgan fingerprint density at radius 2 is 1.57 bits per heavy atom. The highest BCUT2D eigenvalue weighted by molar-refractivity contribution is 5.95. The first kappa shape index (κ1) is 41.6. The molecule has 0 unspecified atom stereocenters. The number of rotatable bonds is 11. The van der Waals surface area contributed by atoms with Gasteiger partial charge in [0.15, 0.2) is 12.0 Å². The van der Waals surface area contributed by atoms with Crippen molar-refractivity contribution >= 4 is 11.7 Å². The van der Waals surface area contributed by atoms with Crippen LogP contribution in [0.5, 0.6) is 5.75 Å². The normalized spacial score (nSPS) is 19.7. The lowest BCUT2D eigenvalue weighted by Crippen LogP contribution is -2.36. The Labute approximate surface area is 351 Å². The molecule has 0 amide bonds. The van der Waals surface area contributed by atoms with E-state index in [4.69, 9.17) is 24.4 Å². The Kier molecular flexibility index (Phi) is 11.9. The van der Waals surface area contributed by atoms with Crippen LogP contribution in [0.2, 0.25) is 0 Å². The van der Waals surface area contributed by atoms with Crippen LogP contribution in [-0.2, 0) is 17.8 Å². The van der Waals surface area contributed by atoms with Gasteiger partial charge in [-0.2, -0.15) is 0 Å². The summed E-state index contributed by atoms with van der Waals surface area (Å²) < 4.78 is 59.9. The Balaban J connectivity index is 1.17. The number of benzene rings is 3. The van der Waals surface area contributed by atoms with Crippen LogP contribution in [0, 0.1) is 12.3 Å². The lowest BCUT2D eigenvalue weighted by atomic mass is 9.68. The first-order valence-electron chi connectivity index (χ1n) is 21.4. The van der Waals surface area contributed by atoms with E-state index in [1.165, 1.54) is 0 Å². The summed E-state index contributed by atoms with van der Waals surface area (Å²) in [6.07, 6.45) is 4.58. The van der Waals surface area contributed by atoms with Crippen LogP contribution in [0.25, 0.3) is 11.1 Å². The minimum Gasteiger partial charge on any atom is -0.497 e. The van der Waals surface area contributed by atoms with Crippen molar-refractivity contribution in [2.24, 2.45) is 5.41 Å². The summed E-state index contributed by atoms with van der Waals surface area (Å²) in [7, 11) is 1.64. The molecule has 2 aliphatic carbocycles. The number of carbonyl (C=O) groups is 1. The predicted octanol–water partition coefficient (Wildman–Crippen LogP) is 12.0. The molecule has 2 fully saturated rings. The summed E-state index contributed by atoms with van der Waals surface area (Å²) in [4.78, 5) is 29.1. The molecule has 3 heterocycles. The minimum atomic E-state index is -2.74. The van der Waals surface area contributed by atoms with E-state index in [9.17, 15) is 13.6 Å².